The van der Waals surface area contributed by atoms with E-state index in [1.165, 1.54) is 6.08 Å². The van der Waals surface area contributed by atoms with Crippen LogP contribution < -0.4 is 18.9 Å². The third-order valence-corrected chi connectivity index (χ3v) is 4.51. The van der Waals surface area contributed by atoms with E-state index in [9.17, 15) is 4.79 Å². The SMILES string of the molecule is COc1cc(/C=C/C(=O)c2ccc3c(c2)OCO3)ccc1OCc1ccccc1. The van der Waals surface area contributed by atoms with Gasteiger partial charge in [0.2, 0.25) is 6.79 Å². The molecule has 4 rings (SSSR count). The summed E-state index contributed by atoms with van der Waals surface area (Å²) >= 11 is 0. The highest BCUT2D eigenvalue weighted by Crippen LogP contribution is 2.33. The predicted octanol–water partition coefficient (Wildman–Crippen LogP) is 4.90. The Morgan fingerprint density at radius 3 is 2.62 bits per heavy atom. The van der Waals surface area contributed by atoms with Crippen molar-refractivity contribution in [1.29, 1.82) is 0 Å². The van der Waals surface area contributed by atoms with Crippen molar-refractivity contribution in [2.45, 2.75) is 6.61 Å². The maximum Gasteiger partial charge on any atom is 0.231 e. The van der Waals surface area contributed by atoms with Gasteiger partial charge in [0.1, 0.15) is 6.61 Å². The van der Waals surface area contributed by atoms with Crippen LogP contribution in [-0.2, 0) is 6.61 Å². The Morgan fingerprint density at radius 1 is 0.966 bits per heavy atom. The highest BCUT2D eigenvalue weighted by Gasteiger charge is 2.15. The Bertz CT molecular complexity index is 1040. The topological polar surface area (TPSA) is 54.0 Å². The lowest BCUT2D eigenvalue weighted by molar-refractivity contribution is 0.104. The fraction of sp³-hybridized carbons (Fsp3) is 0.125. The molecule has 0 bridgehead atoms. The van der Waals surface area contributed by atoms with Crippen LogP contribution in [-0.4, -0.2) is 19.7 Å². The number of methoxy groups -OCH3 is 1. The number of allylic oxidation sites excluding steroid dienone is 1. The summed E-state index contributed by atoms with van der Waals surface area (Å²) < 4.78 is 21.9. The minimum atomic E-state index is -0.119. The van der Waals surface area contributed by atoms with Crippen molar-refractivity contribution in [2.24, 2.45) is 0 Å². The smallest absolute Gasteiger partial charge is 0.231 e. The molecule has 0 aliphatic carbocycles. The van der Waals surface area contributed by atoms with E-state index >= 15 is 0 Å². The summed E-state index contributed by atoms with van der Waals surface area (Å²) in [5, 5.41) is 0. The molecule has 0 amide bonds. The van der Waals surface area contributed by atoms with E-state index in [1.807, 2.05) is 48.5 Å². The maximum atomic E-state index is 12.5. The average molecular weight is 388 g/mol. The summed E-state index contributed by atoms with van der Waals surface area (Å²) in [5.41, 5.74) is 2.45. The zero-order valence-corrected chi connectivity index (χ0v) is 16.0. The molecule has 1 aliphatic heterocycles. The van der Waals surface area contributed by atoms with Crippen LogP contribution in [0, 0.1) is 0 Å². The van der Waals surface area contributed by atoms with Gasteiger partial charge in [0.25, 0.3) is 0 Å². The first-order valence-corrected chi connectivity index (χ1v) is 9.20. The molecule has 0 N–H and O–H groups in total. The van der Waals surface area contributed by atoms with Crippen molar-refractivity contribution in [2.75, 3.05) is 13.9 Å². The molecule has 146 valence electrons. The minimum absolute atomic E-state index is 0.119. The summed E-state index contributed by atoms with van der Waals surface area (Å²) in [6, 6.07) is 20.6. The number of carbonyl (C=O) groups excluding carboxylic acids is 1. The molecule has 1 aliphatic rings. The van der Waals surface area contributed by atoms with Gasteiger partial charge in [-0.3, -0.25) is 4.79 Å². The summed E-state index contributed by atoms with van der Waals surface area (Å²) in [6.07, 6.45) is 3.27. The summed E-state index contributed by atoms with van der Waals surface area (Å²) in [7, 11) is 1.59. The molecule has 29 heavy (non-hydrogen) atoms. The second kappa shape index (κ2) is 8.52. The number of hydrogen-bond donors (Lipinski definition) is 0. The fourth-order valence-electron chi connectivity index (χ4n) is 2.96. The normalized spacial score (nSPS) is 12.2. The molecule has 1 heterocycles. The van der Waals surface area contributed by atoms with Gasteiger partial charge in [-0.25, -0.2) is 0 Å². The molecule has 0 saturated heterocycles. The molecule has 0 radical (unpaired) electrons. The molecular weight excluding hydrogens is 368 g/mol. The Kier molecular flexibility index (Phi) is 5.47. The molecule has 0 fully saturated rings. The van der Waals surface area contributed by atoms with Crippen molar-refractivity contribution >= 4 is 11.9 Å². The van der Waals surface area contributed by atoms with Gasteiger partial charge < -0.3 is 18.9 Å². The van der Waals surface area contributed by atoms with E-state index in [0.717, 1.165) is 11.1 Å². The van der Waals surface area contributed by atoms with E-state index in [2.05, 4.69) is 0 Å². The Morgan fingerprint density at radius 2 is 1.79 bits per heavy atom. The van der Waals surface area contributed by atoms with Gasteiger partial charge in [0.05, 0.1) is 7.11 Å². The second-order valence-electron chi connectivity index (χ2n) is 6.45. The van der Waals surface area contributed by atoms with Crippen molar-refractivity contribution in [3.8, 4) is 23.0 Å². The van der Waals surface area contributed by atoms with E-state index in [0.29, 0.717) is 35.2 Å². The molecular formula is C24H20O5. The van der Waals surface area contributed by atoms with Crippen LogP contribution in [0.4, 0.5) is 0 Å². The van der Waals surface area contributed by atoms with E-state index in [4.69, 9.17) is 18.9 Å². The van der Waals surface area contributed by atoms with Crippen LogP contribution in [0.5, 0.6) is 23.0 Å². The number of fused-ring (bicyclic) bond motifs is 1. The quantitative estimate of drug-likeness (QED) is 0.426. The first kappa shape index (κ1) is 18.6. The molecule has 0 atom stereocenters. The van der Waals surface area contributed by atoms with Gasteiger partial charge >= 0.3 is 0 Å². The van der Waals surface area contributed by atoms with E-state index in [-0.39, 0.29) is 12.6 Å². The lowest BCUT2D eigenvalue weighted by Gasteiger charge is -2.11. The Labute approximate surface area is 169 Å². The molecule has 0 unspecified atom stereocenters. The van der Waals surface area contributed by atoms with Gasteiger partial charge in [-0.2, -0.15) is 0 Å². The van der Waals surface area contributed by atoms with Gasteiger partial charge in [-0.15, -0.1) is 0 Å². The van der Waals surface area contributed by atoms with Crippen LogP contribution in [0.3, 0.4) is 0 Å². The summed E-state index contributed by atoms with van der Waals surface area (Å²) in [4.78, 5) is 12.5. The second-order valence-corrected chi connectivity index (χ2v) is 6.45. The number of benzene rings is 3. The van der Waals surface area contributed by atoms with Gasteiger partial charge in [0.15, 0.2) is 28.8 Å². The standard InChI is InChI=1S/C24H20O5/c1-26-23-13-17(8-11-21(23)27-15-18-5-3-2-4-6-18)7-10-20(25)19-9-12-22-24(14-19)29-16-28-22/h2-14H,15-16H2,1H3/b10-7+. The van der Waals surface area contributed by atoms with Crippen LogP contribution in [0.1, 0.15) is 21.5 Å². The molecule has 5 heteroatoms. The van der Waals surface area contributed by atoms with Crippen LogP contribution >= 0.6 is 0 Å². The van der Waals surface area contributed by atoms with Crippen LogP contribution in [0.15, 0.2) is 72.8 Å². The number of ketones is 1. The van der Waals surface area contributed by atoms with Crippen molar-refractivity contribution in [1.82, 2.24) is 0 Å². The molecule has 5 nitrogen and oxygen atoms in total. The van der Waals surface area contributed by atoms with Crippen molar-refractivity contribution in [3.05, 3.63) is 89.5 Å². The molecule has 0 saturated carbocycles. The van der Waals surface area contributed by atoms with Crippen LogP contribution in [0.2, 0.25) is 0 Å². The molecule has 3 aromatic rings. The number of hydrogen-bond acceptors (Lipinski definition) is 5. The van der Waals surface area contributed by atoms with Crippen molar-refractivity contribution in [3.63, 3.8) is 0 Å². The van der Waals surface area contributed by atoms with E-state index < -0.39 is 0 Å². The minimum Gasteiger partial charge on any atom is -0.493 e. The monoisotopic (exact) mass is 388 g/mol. The lowest BCUT2D eigenvalue weighted by atomic mass is 10.1. The first-order valence-electron chi connectivity index (χ1n) is 9.20. The number of ether oxygens (including phenoxy) is 4. The van der Waals surface area contributed by atoms with Crippen molar-refractivity contribution < 1.29 is 23.7 Å². The fourth-order valence-corrected chi connectivity index (χ4v) is 2.96. The number of carbonyl (C=O) groups is 1. The molecule has 3 aromatic carbocycles. The molecule has 0 spiro atoms. The third kappa shape index (κ3) is 4.41. The Balaban J connectivity index is 1.45. The largest absolute Gasteiger partial charge is 0.493 e. The first-order chi connectivity index (χ1) is 14.2. The average Bonchev–Trinajstić information content (AvgIpc) is 3.25. The van der Waals surface area contributed by atoms with Crippen LogP contribution in [0.25, 0.3) is 6.08 Å². The van der Waals surface area contributed by atoms with Gasteiger partial charge in [-0.1, -0.05) is 42.5 Å². The zero-order valence-electron chi connectivity index (χ0n) is 16.0. The summed E-state index contributed by atoms with van der Waals surface area (Å²) in [6.45, 7) is 0.635. The highest BCUT2D eigenvalue weighted by molar-refractivity contribution is 6.07. The van der Waals surface area contributed by atoms with Gasteiger partial charge in [0, 0.05) is 5.56 Å². The van der Waals surface area contributed by atoms with E-state index in [1.54, 1.807) is 31.4 Å². The van der Waals surface area contributed by atoms with Gasteiger partial charge in [-0.05, 0) is 47.5 Å². The summed E-state index contributed by atoms with van der Waals surface area (Å²) in [5.74, 6) is 2.38. The third-order valence-electron chi connectivity index (χ3n) is 4.51. The highest BCUT2D eigenvalue weighted by atomic mass is 16.7. The number of rotatable bonds is 7. The Hall–Kier alpha value is -3.73. The zero-order chi connectivity index (χ0) is 20.1. The maximum absolute atomic E-state index is 12.5. The molecule has 0 aromatic heterocycles. The predicted molar refractivity (Wildman–Crippen MR) is 110 cm³/mol. The lowest BCUT2D eigenvalue weighted by Crippen LogP contribution is -1.98.